The molecule has 0 aliphatic rings. The highest BCUT2D eigenvalue weighted by Crippen LogP contribution is 2.07. The third-order valence-electron chi connectivity index (χ3n) is 3.11. The number of halogens is 1. The Labute approximate surface area is 160 Å². The number of rotatable bonds is 7. The maximum Gasteiger partial charge on any atom is 0.253 e. The highest BCUT2D eigenvalue weighted by molar-refractivity contribution is 14.0. The Bertz CT molecular complexity index is 509. The van der Waals surface area contributed by atoms with Gasteiger partial charge in [-0.3, -0.25) is 9.79 Å². The summed E-state index contributed by atoms with van der Waals surface area (Å²) in [5, 5.41) is 6.54. The molecule has 0 saturated carbocycles. The molecule has 0 aliphatic heterocycles. The van der Waals surface area contributed by atoms with Crippen LogP contribution in [0.15, 0.2) is 29.3 Å². The van der Waals surface area contributed by atoms with E-state index in [2.05, 4.69) is 21.9 Å². The first kappa shape index (κ1) is 22.0. The zero-order valence-electron chi connectivity index (χ0n) is 14.3. The van der Waals surface area contributed by atoms with Crippen molar-refractivity contribution in [2.75, 3.05) is 46.2 Å². The number of nitrogens with one attached hydrogen (secondary N) is 2. The van der Waals surface area contributed by atoms with Crippen LogP contribution in [0.5, 0.6) is 0 Å². The van der Waals surface area contributed by atoms with Gasteiger partial charge in [0.15, 0.2) is 5.96 Å². The lowest BCUT2D eigenvalue weighted by atomic mass is 10.1. The summed E-state index contributed by atoms with van der Waals surface area (Å²) in [6.45, 7) is 1.67. The number of guanidine groups is 1. The van der Waals surface area contributed by atoms with Gasteiger partial charge in [-0.25, -0.2) is 0 Å². The standard InChI is InChI=1S/C16H26N4OS.HI/c1-17-16(19-10-11-22-4)18-9-8-13-6-5-7-14(12-13)15(21)20(2)3;/h5-7,12H,8-11H2,1-4H3,(H2,17,18,19);1H. The third kappa shape index (κ3) is 8.45. The second-order valence-corrected chi connectivity index (χ2v) is 6.05. The van der Waals surface area contributed by atoms with Crippen LogP contribution in [0.1, 0.15) is 15.9 Å². The average molecular weight is 450 g/mol. The van der Waals surface area contributed by atoms with E-state index < -0.39 is 0 Å². The molecule has 0 unspecified atom stereocenters. The average Bonchev–Trinajstić information content (AvgIpc) is 2.53. The molecular formula is C16H27IN4OS. The minimum atomic E-state index is 0. The maximum absolute atomic E-state index is 12.0. The van der Waals surface area contributed by atoms with Crippen LogP contribution in [-0.2, 0) is 6.42 Å². The van der Waals surface area contributed by atoms with Gasteiger partial charge in [0.1, 0.15) is 0 Å². The van der Waals surface area contributed by atoms with Gasteiger partial charge in [-0.2, -0.15) is 11.8 Å². The number of hydrogen-bond acceptors (Lipinski definition) is 3. The summed E-state index contributed by atoms with van der Waals surface area (Å²) in [7, 11) is 5.30. The smallest absolute Gasteiger partial charge is 0.253 e. The molecule has 1 aromatic carbocycles. The van der Waals surface area contributed by atoms with E-state index in [-0.39, 0.29) is 29.9 Å². The van der Waals surface area contributed by atoms with Gasteiger partial charge >= 0.3 is 0 Å². The van der Waals surface area contributed by atoms with Crippen LogP contribution in [0, 0.1) is 0 Å². The summed E-state index contributed by atoms with van der Waals surface area (Å²) in [6.07, 6.45) is 2.93. The van der Waals surface area contributed by atoms with E-state index in [4.69, 9.17) is 0 Å². The summed E-state index contributed by atoms with van der Waals surface area (Å²) >= 11 is 1.80. The molecule has 7 heteroatoms. The predicted octanol–water partition coefficient (Wildman–Crippen LogP) is 2.08. The Morgan fingerprint density at radius 1 is 1.26 bits per heavy atom. The Balaban J connectivity index is 0.00000484. The number of benzene rings is 1. The molecule has 0 aliphatic carbocycles. The molecule has 0 saturated heterocycles. The van der Waals surface area contributed by atoms with Crippen LogP contribution in [0.25, 0.3) is 0 Å². The van der Waals surface area contributed by atoms with E-state index in [0.29, 0.717) is 0 Å². The molecule has 0 bridgehead atoms. The van der Waals surface area contributed by atoms with Gasteiger partial charge in [0, 0.05) is 45.5 Å². The largest absolute Gasteiger partial charge is 0.356 e. The van der Waals surface area contributed by atoms with Gasteiger partial charge < -0.3 is 15.5 Å². The monoisotopic (exact) mass is 450 g/mol. The SMILES string of the molecule is CN=C(NCCSC)NCCc1cccc(C(=O)N(C)C)c1.I. The molecule has 23 heavy (non-hydrogen) atoms. The van der Waals surface area contributed by atoms with E-state index in [0.717, 1.165) is 42.3 Å². The van der Waals surface area contributed by atoms with Crippen LogP contribution in [-0.4, -0.2) is 63.0 Å². The van der Waals surface area contributed by atoms with Crippen molar-refractivity contribution in [2.45, 2.75) is 6.42 Å². The Morgan fingerprint density at radius 3 is 2.57 bits per heavy atom. The van der Waals surface area contributed by atoms with Gasteiger partial charge in [-0.1, -0.05) is 12.1 Å². The van der Waals surface area contributed by atoms with Crippen LogP contribution in [0.4, 0.5) is 0 Å². The molecule has 0 radical (unpaired) electrons. The van der Waals surface area contributed by atoms with Crippen LogP contribution < -0.4 is 10.6 Å². The predicted molar refractivity (Wildman–Crippen MR) is 111 cm³/mol. The van der Waals surface area contributed by atoms with Gasteiger partial charge in [0.25, 0.3) is 5.91 Å². The first-order valence-corrected chi connectivity index (χ1v) is 8.72. The zero-order chi connectivity index (χ0) is 16.4. The van der Waals surface area contributed by atoms with E-state index >= 15 is 0 Å². The molecule has 0 spiro atoms. The second kappa shape index (κ2) is 12.5. The van der Waals surface area contributed by atoms with E-state index in [9.17, 15) is 4.79 Å². The maximum atomic E-state index is 12.0. The summed E-state index contributed by atoms with van der Waals surface area (Å²) in [4.78, 5) is 17.7. The summed E-state index contributed by atoms with van der Waals surface area (Å²) in [5.74, 6) is 1.90. The summed E-state index contributed by atoms with van der Waals surface area (Å²) in [6, 6.07) is 7.77. The molecule has 1 aromatic rings. The molecule has 0 fully saturated rings. The van der Waals surface area contributed by atoms with Crippen molar-refractivity contribution in [3.8, 4) is 0 Å². The lowest BCUT2D eigenvalue weighted by Gasteiger charge is -2.13. The zero-order valence-corrected chi connectivity index (χ0v) is 17.4. The Hall–Kier alpha value is -0.960. The third-order valence-corrected chi connectivity index (χ3v) is 3.72. The minimum Gasteiger partial charge on any atom is -0.356 e. The molecule has 0 atom stereocenters. The van der Waals surface area contributed by atoms with Crippen molar-refractivity contribution >= 4 is 47.6 Å². The molecular weight excluding hydrogens is 423 g/mol. The normalized spacial score (nSPS) is 10.7. The molecule has 130 valence electrons. The van der Waals surface area contributed by atoms with Crippen molar-refractivity contribution in [3.63, 3.8) is 0 Å². The Kier molecular flexibility index (Phi) is 11.9. The summed E-state index contributed by atoms with van der Waals surface area (Å²) in [5.41, 5.74) is 1.87. The lowest BCUT2D eigenvalue weighted by molar-refractivity contribution is 0.0827. The number of nitrogens with zero attached hydrogens (tertiary/aromatic N) is 2. The van der Waals surface area contributed by atoms with Crippen molar-refractivity contribution in [1.29, 1.82) is 0 Å². The topological polar surface area (TPSA) is 56.7 Å². The van der Waals surface area contributed by atoms with Crippen LogP contribution in [0.2, 0.25) is 0 Å². The number of aliphatic imine (C=N–C) groups is 1. The molecule has 0 aromatic heterocycles. The van der Waals surface area contributed by atoms with Crippen LogP contribution in [0.3, 0.4) is 0 Å². The van der Waals surface area contributed by atoms with Crippen LogP contribution >= 0.6 is 35.7 Å². The summed E-state index contributed by atoms with van der Waals surface area (Å²) < 4.78 is 0. The molecule has 5 nitrogen and oxygen atoms in total. The first-order chi connectivity index (χ1) is 10.6. The van der Waals surface area contributed by atoms with E-state index in [1.807, 2.05) is 24.3 Å². The first-order valence-electron chi connectivity index (χ1n) is 7.32. The highest BCUT2D eigenvalue weighted by atomic mass is 127. The second-order valence-electron chi connectivity index (χ2n) is 5.07. The lowest BCUT2D eigenvalue weighted by Crippen LogP contribution is -2.39. The minimum absolute atomic E-state index is 0. The number of thioether (sulfide) groups is 1. The molecule has 0 heterocycles. The van der Waals surface area contributed by atoms with Gasteiger partial charge in [-0.05, 0) is 30.4 Å². The number of amides is 1. The number of carbonyl (C=O) groups is 1. The number of carbonyl (C=O) groups excluding carboxylic acids is 1. The van der Waals surface area contributed by atoms with Crippen molar-refractivity contribution in [1.82, 2.24) is 15.5 Å². The fraction of sp³-hybridized carbons (Fsp3) is 0.500. The van der Waals surface area contributed by atoms with E-state index in [1.54, 1.807) is 37.8 Å². The van der Waals surface area contributed by atoms with Crippen molar-refractivity contribution in [3.05, 3.63) is 35.4 Å². The highest BCUT2D eigenvalue weighted by Gasteiger charge is 2.08. The fourth-order valence-corrected chi connectivity index (χ4v) is 2.24. The van der Waals surface area contributed by atoms with Gasteiger partial charge in [0.05, 0.1) is 0 Å². The fourth-order valence-electron chi connectivity index (χ4n) is 1.94. The van der Waals surface area contributed by atoms with E-state index in [1.165, 1.54) is 0 Å². The molecule has 1 rings (SSSR count). The molecule has 2 N–H and O–H groups in total. The number of hydrogen-bond donors (Lipinski definition) is 2. The van der Waals surface area contributed by atoms with Gasteiger partial charge in [0.2, 0.25) is 0 Å². The molecule has 1 amide bonds. The van der Waals surface area contributed by atoms with Crippen molar-refractivity contribution in [2.24, 2.45) is 4.99 Å². The Morgan fingerprint density at radius 2 is 1.96 bits per heavy atom. The van der Waals surface area contributed by atoms with Crippen molar-refractivity contribution < 1.29 is 4.79 Å². The van der Waals surface area contributed by atoms with Gasteiger partial charge in [-0.15, -0.1) is 24.0 Å². The quantitative estimate of drug-likeness (QED) is 0.289.